The highest BCUT2D eigenvalue weighted by Crippen LogP contribution is 2.09. The van der Waals surface area contributed by atoms with Crippen LogP contribution in [0.2, 0.25) is 0 Å². The summed E-state index contributed by atoms with van der Waals surface area (Å²) in [6.45, 7) is 2.86. The summed E-state index contributed by atoms with van der Waals surface area (Å²) in [6.07, 6.45) is 3.12. The van der Waals surface area contributed by atoms with Gasteiger partial charge in [-0.1, -0.05) is 6.92 Å². The molecule has 2 amide bonds. The molecule has 0 aliphatic rings. The zero-order valence-corrected chi connectivity index (χ0v) is 11.0. The number of furan rings is 1. The molecule has 0 aromatic carbocycles. The number of carbonyl (C=O) groups is 2. The van der Waals surface area contributed by atoms with E-state index in [9.17, 15) is 9.59 Å². The van der Waals surface area contributed by atoms with E-state index < -0.39 is 5.97 Å². The van der Waals surface area contributed by atoms with E-state index in [-0.39, 0.29) is 18.4 Å². The van der Waals surface area contributed by atoms with E-state index in [0.29, 0.717) is 25.3 Å². The lowest BCUT2D eigenvalue weighted by Gasteiger charge is -2.11. The minimum absolute atomic E-state index is 0.172. The lowest BCUT2D eigenvalue weighted by atomic mass is 10.0. The van der Waals surface area contributed by atoms with Gasteiger partial charge in [0.15, 0.2) is 0 Å². The van der Waals surface area contributed by atoms with E-state index in [4.69, 9.17) is 9.52 Å². The van der Waals surface area contributed by atoms with Crippen molar-refractivity contribution in [3.63, 3.8) is 0 Å². The van der Waals surface area contributed by atoms with Gasteiger partial charge in [0.2, 0.25) is 0 Å². The molecule has 0 bridgehead atoms. The van der Waals surface area contributed by atoms with E-state index in [1.165, 1.54) is 0 Å². The van der Waals surface area contributed by atoms with Crippen molar-refractivity contribution in [1.82, 2.24) is 10.6 Å². The molecule has 1 unspecified atom stereocenters. The summed E-state index contributed by atoms with van der Waals surface area (Å²) in [7, 11) is 0. The van der Waals surface area contributed by atoms with Crippen LogP contribution >= 0.6 is 0 Å². The average Bonchev–Trinajstić information content (AvgIpc) is 2.87. The van der Waals surface area contributed by atoms with Gasteiger partial charge in [-0.15, -0.1) is 0 Å². The first-order valence-corrected chi connectivity index (χ1v) is 6.34. The third-order valence-corrected chi connectivity index (χ3v) is 2.78. The van der Waals surface area contributed by atoms with Crippen LogP contribution in [0.4, 0.5) is 4.79 Å². The van der Waals surface area contributed by atoms with Gasteiger partial charge in [0, 0.05) is 13.0 Å². The Bertz CT molecular complexity index is 389. The van der Waals surface area contributed by atoms with Crippen LogP contribution in [0.3, 0.4) is 0 Å². The largest absolute Gasteiger partial charge is 0.481 e. The van der Waals surface area contributed by atoms with Crippen LogP contribution in [-0.4, -0.2) is 23.7 Å². The predicted octanol–water partition coefficient (Wildman–Crippen LogP) is 1.97. The van der Waals surface area contributed by atoms with Crippen LogP contribution in [-0.2, 0) is 11.3 Å². The Balaban J connectivity index is 2.05. The number of carboxylic acids is 1. The lowest BCUT2D eigenvalue weighted by molar-refractivity contribution is -0.137. The first-order chi connectivity index (χ1) is 9.08. The maximum atomic E-state index is 11.4. The Morgan fingerprint density at radius 2 is 2.16 bits per heavy atom. The molecule has 0 fully saturated rings. The summed E-state index contributed by atoms with van der Waals surface area (Å²) >= 11 is 0. The highest BCUT2D eigenvalue weighted by atomic mass is 16.4. The molecule has 0 radical (unpaired) electrons. The fourth-order valence-corrected chi connectivity index (χ4v) is 1.59. The number of carbonyl (C=O) groups excluding carboxylic acids is 1. The van der Waals surface area contributed by atoms with Crippen molar-refractivity contribution in [1.29, 1.82) is 0 Å². The number of hydrogen-bond donors (Lipinski definition) is 3. The normalized spacial score (nSPS) is 11.8. The Labute approximate surface area is 112 Å². The molecule has 1 aromatic heterocycles. The fourth-order valence-electron chi connectivity index (χ4n) is 1.59. The summed E-state index contributed by atoms with van der Waals surface area (Å²) in [5.74, 6) is 0.197. The molecule has 0 aliphatic heterocycles. The van der Waals surface area contributed by atoms with E-state index >= 15 is 0 Å². The van der Waals surface area contributed by atoms with Gasteiger partial charge in [-0.3, -0.25) is 4.79 Å². The molecule has 0 saturated heterocycles. The number of amides is 2. The van der Waals surface area contributed by atoms with Crippen molar-refractivity contribution < 1.29 is 19.1 Å². The van der Waals surface area contributed by atoms with Crippen LogP contribution in [0.1, 0.15) is 31.9 Å². The predicted molar refractivity (Wildman–Crippen MR) is 69.6 cm³/mol. The van der Waals surface area contributed by atoms with Gasteiger partial charge in [-0.05, 0) is 30.9 Å². The van der Waals surface area contributed by atoms with Crippen molar-refractivity contribution in [3.05, 3.63) is 24.2 Å². The van der Waals surface area contributed by atoms with Gasteiger partial charge in [0.1, 0.15) is 5.76 Å². The summed E-state index contributed by atoms with van der Waals surface area (Å²) in [5.41, 5.74) is 0. The second kappa shape index (κ2) is 8.18. The number of rotatable bonds is 8. The van der Waals surface area contributed by atoms with Crippen molar-refractivity contribution >= 4 is 12.0 Å². The molecule has 1 heterocycles. The molecular weight excluding hydrogens is 248 g/mol. The van der Waals surface area contributed by atoms with Gasteiger partial charge in [0.05, 0.1) is 12.8 Å². The van der Waals surface area contributed by atoms with Gasteiger partial charge in [0.25, 0.3) is 0 Å². The maximum absolute atomic E-state index is 11.4. The second-order valence-corrected chi connectivity index (χ2v) is 4.52. The van der Waals surface area contributed by atoms with Crippen molar-refractivity contribution in [2.45, 2.75) is 32.7 Å². The molecule has 1 aromatic rings. The molecule has 1 rings (SSSR count). The molecule has 3 N–H and O–H groups in total. The molecule has 1 atom stereocenters. The fraction of sp³-hybridized carbons (Fsp3) is 0.538. The Morgan fingerprint density at radius 1 is 1.37 bits per heavy atom. The van der Waals surface area contributed by atoms with Crippen molar-refractivity contribution in [3.8, 4) is 0 Å². The number of nitrogens with one attached hydrogen (secondary N) is 2. The Morgan fingerprint density at radius 3 is 2.79 bits per heavy atom. The molecule has 0 saturated carbocycles. The van der Waals surface area contributed by atoms with E-state index in [2.05, 4.69) is 10.6 Å². The van der Waals surface area contributed by atoms with Crippen LogP contribution in [0, 0.1) is 5.92 Å². The third-order valence-electron chi connectivity index (χ3n) is 2.78. The Hall–Kier alpha value is -1.98. The quantitative estimate of drug-likeness (QED) is 0.672. The van der Waals surface area contributed by atoms with E-state index in [0.717, 1.165) is 6.42 Å². The molecule has 6 heteroatoms. The minimum atomic E-state index is -0.781. The highest BCUT2D eigenvalue weighted by Gasteiger charge is 2.06. The number of urea groups is 1. The molecule has 0 spiro atoms. The van der Waals surface area contributed by atoms with Crippen molar-refractivity contribution in [2.75, 3.05) is 6.54 Å². The SMILES string of the molecule is CC(CCNC(=O)NCc1ccco1)CCC(=O)O. The Kier molecular flexibility index (Phi) is 6.49. The summed E-state index contributed by atoms with van der Waals surface area (Å²) in [5, 5.41) is 13.9. The standard InChI is InChI=1S/C13H20N2O4/c1-10(4-5-12(16)17)6-7-14-13(18)15-9-11-3-2-8-19-11/h2-3,8,10H,4-7,9H2,1H3,(H,16,17)(H2,14,15,18). The van der Waals surface area contributed by atoms with Crippen LogP contribution in [0.25, 0.3) is 0 Å². The first kappa shape index (κ1) is 15.1. The van der Waals surface area contributed by atoms with Gasteiger partial charge in [-0.25, -0.2) is 4.79 Å². The van der Waals surface area contributed by atoms with Crippen molar-refractivity contribution in [2.24, 2.45) is 5.92 Å². The van der Waals surface area contributed by atoms with Gasteiger partial charge >= 0.3 is 12.0 Å². The molecular formula is C13H20N2O4. The third kappa shape index (κ3) is 7.13. The van der Waals surface area contributed by atoms with E-state index in [1.54, 1.807) is 18.4 Å². The van der Waals surface area contributed by atoms with Crippen LogP contribution in [0.5, 0.6) is 0 Å². The molecule has 6 nitrogen and oxygen atoms in total. The van der Waals surface area contributed by atoms with Gasteiger partial charge in [-0.2, -0.15) is 0 Å². The van der Waals surface area contributed by atoms with Crippen LogP contribution < -0.4 is 10.6 Å². The summed E-state index contributed by atoms with van der Waals surface area (Å²) < 4.78 is 5.08. The minimum Gasteiger partial charge on any atom is -0.481 e. The zero-order chi connectivity index (χ0) is 14.1. The number of carboxylic acid groups (broad SMARTS) is 1. The topological polar surface area (TPSA) is 91.6 Å². The average molecular weight is 268 g/mol. The highest BCUT2D eigenvalue weighted by molar-refractivity contribution is 5.73. The molecule has 19 heavy (non-hydrogen) atoms. The lowest BCUT2D eigenvalue weighted by Crippen LogP contribution is -2.35. The smallest absolute Gasteiger partial charge is 0.315 e. The molecule has 106 valence electrons. The van der Waals surface area contributed by atoms with Crippen LogP contribution in [0.15, 0.2) is 22.8 Å². The zero-order valence-electron chi connectivity index (χ0n) is 11.0. The van der Waals surface area contributed by atoms with E-state index in [1.807, 2.05) is 6.92 Å². The summed E-state index contributed by atoms with van der Waals surface area (Å²) in [4.78, 5) is 21.8. The number of hydrogen-bond acceptors (Lipinski definition) is 3. The molecule has 0 aliphatic carbocycles. The first-order valence-electron chi connectivity index (χ1n) is 6.34. The maximum Gasteiger partial charge on any atom is 0.315 e. The summed E-state index contributed by atoms with van der Waals surface area (Å²) in [6, 6.07) is 3.30. The monoisotopic (exact) mass is 268 g/mol. The number of aliphatic carboxylic acids is 1. The van der Waals surface area contributed by atoms with Gasteiger partial charge < -0.3 is 20.2 Å². The second-order valence-electron chi connectivity index (χ2n) is 4.52.